The number of hydrogen-bond donors (Lipinski definition) is 1. The fraction of sp³-hybridized carbons (Fsp3) is 0.316. The molecule has 6 nitrogen and oxygen atoms in total. The molecule has 0 bridgehead atoms. The van der Waals surface area contributed by atoms with Crippen molar-refractivity contribution in [2.24, 2.45) is 0 Å². The average Bonchev–Trinajstić information content (AvgIpc) is 2.64. The van der Waals surface area contributed by atoms with Crippen molar-refractivity contribution in [2.45, 2.75) is 6.42 Å². The third-order valence-electron chi connectivity index (χ3n) is 4.30. The van der Waals surface area contributed by atoms with Crippen LogP contribution in [-0.2, 0) is 11.2 Å². The van der Waals surface area contributed by atoms with Gasteiger partial charge >= 0.3 is 0 Å². The molecule has 128 valence electrons. The summed E-state index contributed by atoms with van der Waals surface area (Å²) in [5.41, 5.74) is 2.24. The number of amides is 1. The van der Waals surface area contributed by atoms with Gasteiger partial charge in [0.05, 0.1) is 6.42 Å². The van der Waals surface area contributed by atoms with E-state index in [9.17, 15) is 4.79 Å². The largest absolute Gasteiger partial charge is 0.340 e. The van der Waals surface area contributed by atoms with Gasteiger partial charge in [-0.2, -0.15) is 5.26 Å². The molecule has 2 aromatic rings. The molecule has 1 aliphatic heterocycles. The Labute approximate surface area is 147 Å². The van der Waals surface area contributed by atoms with Gasteiger partial charge in [-0.3, -0.25) is 4.79 Å². The third kappa shape index (κ3) is 4.55. The van der Waals surface area contributed by atoms with Gasteiger partial charge in [-0.1, -0.05) is 18.2 Å². The van der Waals surface area contributed by atoms with Crippen LogP contribution in [0.25, 0.3) is 0 Å². The second kappa shape index (κ2) is 7.77. The highest BCUT2D eigenvalue weighted by atomic mass is 16.2. The van der Waals surface area contributed by atoms with E-state index < -0.39 is 0 Å². The first-order chi connectivity index (χ1) is 12.1. The molecule has 1 aliphatic rings. The topological polar surface area (TPSA) is 72.3 Å². The molecule has 0 atom stereocenters. The number of carbonyl (C=O) groups excluding carboxylic acids is 1. The Kier molecular flexibility index (Phi) is 5.26. The van der Waals surface area contributed by atoms with E-state index >= 15 is 0 Å². The first-order valence-electron chi connectivity index (χ1n) is 8.33. The zero-order chi connectivity index (χ0) is 17.6. The lowest BCUT2D eigenvalue weighted by Gasteiger charge is -2.32. The number of anilines is 2. The molecule has 0 unspecified atom stereocenters. The van der Waals surface area contributed by atoms with Crippen LogP contribution in [0.4, 0.5) is 11.5 Å². The molecule has 0 spiro atoms. The minimum Gasteiger partial charge on any atom is -0.340 e. The predicted molar refractivity (Wildman–Crippen MR) is 96.5 cm³/mol. The molecular formula is C19H21N5O. The highest BCUT2D eigenvalue weighted by molar-refractivity contribution is 5.79. The number of likely N-dealkylation sites (N-methyl/N-ethyl adjacent to an activating group) is 1. The van der Waals surface area contributed by atoms with E-state index in [0.717, 1.165) is 37.4 Å². The van der Waals surface area contributed by atoms with Gasteiger partial charge in [-0.25, -0.2) is 4.98 Å². The summed E-state index contributed by atoms with van der Waals surface area (Å²) in [6.07, 6.45) is 0.423. The number of nitrogens with zero attached hydrogens (tertiary/aromatic N) is 4. The van der Waals surface area contributed by atoms with E-state index in [4.69, 9.17) is 5.26 Å². The standard InChI is InChI=1S/C19H21N5O/c1-23-9-11-24(12-10-23)19(25)13-15-5-7-16(8-6-15)21-18-4-2-3-17(14-20)22-18/h2-8H,9-13H2,1H3,(H,21,22). The molecule has 0 aliphatic carbocycles. The monoisotopic (exact) mass is 335 g/mol. The number of aromatic nitrogens is 1. The third-order valence-corrected chi connectivity index (χ3v) is 4.30. The van der Waals surface area contributed by atoms with Crippen LogP contribution in [0.1, 0.15) is 11.3 Å². The molecule has 2 heterocycles. The van der Waals surface area contributed by atoms with Crippen molar-refractivity contribution in [3.63, 3.8) is 0 Å². The fourth-order valence-electron chi connectivity index (χ4n) is 2.76. The van der Waals surface area contributed by atoms with Crippen LogP contribution in [0, 0.1) is 11.3 Å². The zero-order valence-electron chi connectivity index (χ0n) is 14.3. The van der Waals surface area contributed by atoms with E-state index in [-0.39, 0.29) is 5.91 Å². The maximum atomic E-state index is 12.4. The normalized spacial score (nSPS) is 14.8. The Morgan fingerprint density at radius 1 is 1.16 bits per heavy atom. The molecule has 1 aromatic heterocycles. The predicted octanol–water partition coefficient (Wildman–Crippen LogP) is 2.01. The summed E-state index contributed by atoms with van der Waals surface area (Å²) in [4.78, 5) is 20.7. The van der Waals surface area contributed by atoms with Crippen molar-refractivity contribution in [2.75, 3.05) is 38.5 Å². The minimum atomic E-state index is 0.178. The zero-order valence-corrected chi connectivity index (χ0v) is 14.3. The van der Waals surface area contributed by atoms with Gasteiger partial charge in [0, 0.05) is 31.9 Å². The van der Waals surface area contributed by atoms with Crippen LogP contribution >= 0.6 is 0 Å². The minimum absolute atomic E-state index is 0.178. The van der Waals surface area contributed by atoms with Crippen LogP contribution in [-0.4, -0.2) is 53.9 Å². The van der Waals surface area contributed by atoms with Crippen LogP contribution in [0.3, 0.4) is 0 Å². The Morgan fingerprint density at radius 2 is 1.88 bits per heavy atom. The fourth-order valence-corrected chi connectivity index (χ4v) is 2.76. The Hall–Kier alpha value is -2.91. The highest BCUT2D eigenvalue weighted by Gasteiger charge is 2.18. The number of carbonyl (C=O) groups is 1. The summed E-state index contributed by atoms with van der Waals surface area (Å²) in [7, 11) is 2.08. The second-order valence-corrected chi connectivity index (χ2v) is 6.20. The number of nitrogens with one attached hydrogen (secondary N) is 1. The summed E-state index contributed by atoms with van der Waals surface area (Å²) >= 11 is 0. The van der Waals surface area contributed by atoms with Crippen LogP contribution in [0.2, 0.25) is 0 Å². The number of pyridine rings is 1. The molecule has 1 fully saturated rings. The maximum Gasteiger partial charge on any atom is 0.227 e. The second-order valence-electron chi connectivity index (χ2n) is 6.20. The molecule has 0 saturated carbocycles. The summed E-state index contributed by atoms with van der Waals surface area (Å²) in [6.45, 7) is 3.47. The maximum absolute atomic E-state index is 12.4. The van der Waals surface area contributed by atoms with E-state index in [1.54, 1.807) is 12.1 Å². The molecule has 3 rings (SSSR count). The van der Waals surface area contributed by atoms with Crippen molar-refractivity contribution >= 4 is 17.4 Å². The number of nitriles is 1. The van der Waals surface area contributed by atoms with E-state index in [2.05, 4.69) is 22.2 Å². The van der Waals surface area contributed by atoms with Gasteiger partial charge in [0.2, 0.25) is 5.91 Å². The Morgan fingerprint density at radius 3 is 2.56 bits per heavy atom. The van der Waals surface area contributed by atoms with Crippen LogP contribution < -0.4 is 5.32 Å². The lowest BCUT2D eigenvalue weighted by atomic mass is 10.1. The summed E-state index contributed by atoms with van der Waals surface area (Å²) in [6, 6.07) is 15.0. The van der Waals surface area contributed by atoms with Crippen molar-refractivity contribution in [3.05, 3.63) is 53.7 Å². The van der Waals surface area contributed by atoms with E-state index in [1.807, 2.05) is 41.3 Å². The van der Waals surface area contributed by atoms with Crippen LogP contribution in [0.15, 0.2) is 42.5 Å². The smallest absolute Gasteiger partial charge is 0.227 e. The van der Waals surface area contributed by atoms with Crippen molar-refractivity contribution in [1.29, 1.82) is 5.26 Å². The number of hydrogen-bond acceptors (Lipinski definition) is 5. The molecule has 1 amide bonds. The van der Waals surface area contributed by atoms with Gasteiger partial charge < -0.3 is 15.1 Å². The van der Waals surface area contributed by atoms with Gasteiger partial charge in [0.15, 0.2) is 0 Å². The highest BCUT2D eigenvalue weighted by Crippen LogP contribution is 2.16. The molecule has 6 heteroatoms. The van der Waals surface area contributed by atoms with Crippen molar-refractivity contribution in [1.82, 2.24) is 14.8 Å². The summed E-state index contributed by atoms with van der Waals surface area (Å²) in [5, 5.41) is 12.1. The van der Waals surface area contributed by atoms with Gasteiger partial charge in [0.1, 0.15) is 17.6 Å². The van der Waals surface area contributed by atoms with E-state index in [1.165, 1.54) is 0 Å². The van der Waals surface area contributed by atoms with Gasteiger partial charge in [-0.05, 0) is 36.9 Å². The molecule has 25 heavy (non-hydrogen) atoms. The Balaban J connectivity index is 1.58. The number of piperazine rings is 1. The van der Waals surface area contributed by atoms with Gasteiger partial charge in [-0.15, -0.1) is 0 Å². The average molecular weight is 335 g/mol. The molecule has 1 saturated heterocycles. The first-order valence-corrected chi connectivity index (χ1v) is 8.33. The quantitative estimate of drug-likeness (QED) is 0.925. The lowest BCUT2D eigenvalue weighted by molar-refractivity contribution is -0.132. The molecular weight excluding hydrogens is 314 g/mol. The molecule has 1 N–H and O–H groups in total. The van der Waals surface area contributed by atoms with Gasteiger partial charge in [0.25, 0.3) is 0 Å². The summed E-state index contributed by atoms with van der Waals surface area (Å²) < 4.78 is 0. The number of benzene rings is 1. The van der Waals surface area contributed by atoms with Crippen LogP contribution in [0.5, 0.6) is 0 Å². The van der Waals surface area contributed by atoms with E-state index in [0.29, 0.717) is 17.9 Å². The SMILES string of the molecule is CN1CCN(C(=O)Cc2ccc(Nc3cccc(C#N)n3)cc2)CC1. The summed E-state index contributed by atoms with van der Waals surface area (Å²) in [5.74, 6) is 0.803. The molecule has 0 radical (unpaired) electrons. The number of rotatable bonds is 4. The van der Waals surface area contributed by atoms with Crippen molar-refractivity contribution in [3.8, 4) is 6.07 Å². The molecule has 1 aromatic carbocycles. The first kappa shape index (κ1) is 16.9. The Bertz CT molecular complexity index is 773. The lowest BCUT2D eigenvalue weighted by Crippen LogP contribution is -2.47. The van der Waals surface area contributed by atoms with Crippen molar-refractivity contribution < 1.29 is 4.79 Å².